The number of allylic oxidation sites excluding steroid dienone is 4. The number of hydrogen-bond acceptors (Lipinski definition) is 8. The third-order valence-electron chi connectivity index (χ3n) is 11.3. The Morgan fingerprint density at radius 2 is 1.88 bits per heavy atom. The molecule has 0 unspecified atom stereocenters. The Morgan fingerprint density at radius 1 is 1.14 bits per heavy atom. The predicted molar refractivity (Wildman–Crippen MR) is 164 cm³/mol. The SMILES string of the molecule is C[C@H]1C[C@@H]2[C@H]([C@@H](O)C[C@@]3(C)[C@H]2CC[C@]3(O)C(=O)COC(=O)c2cccc(CN(C)CCN(C)C)c2)[C@@]2(C)C=CC(=O)C=C12. The summed E-state index contributed by atoms with van der Waals surface area (Å²) >= 11 is 0. The van der Waals surface area contributed by atoms with E-state index in [0.717, 1.165) is 30.6 Å². The second kappa shape index (κ2) is 11.7. The standard InChI is InChI=1S/C35H48N2O6/c1-22-16-26-27-11-13-35(42,34(27,3)19-29(39)31(26)33(2)12-10-25(38)18-28(22)33)30(40)21-43-32(41)24-9-7-8-23(17-24)20-37(6)15-14-36(4)5/h7-10,12,17-18,22,26-27,29,31,39,42H,11,13-16,19-21H2,1-6H3/t22-,26-,27-,29-,31+,33-,34-,35-/m0/s1. The largest absolute Gasteiger partial charge is 0.454 e. The zero-order chi connectivity index (χ0) is 31.3. The van der Waals surface area contributed by atoms with Crippen LogP contribution < -0.4 is 0 Å². The number of carbonyl (C=O) groups excluding carboxylic acids is 3. The lowest BCUT2D eigenvalue weighted by Crippen LogP contribution is -2.62. The minimum atomic E-state index is -1.69. The predicted octanol–water partition coefficient (Wildman–Crippen LogP) is 3.66. The molecule has 8 heteroatoms. The first-order valence-corrected chi connectivity index (χ1v) is 15.7. The molecule has 0 radical (unpaired) electrons. The second-order valence-corrected chi connectivity index (χ2v) is 14.4. The summed E-state index contributed by atoms with van der Waals surface area (Å²) < 4.78 is 5.50. The molecule has 3 fully saturated rings. The van der Waals surface area contributed by atoms with Crippen LogP contribution in [0.3, 0.4) is 0 Å². The summed E-state index contributed by atoms with van der Waals surface area (Å²) in [4.78, 5) is 43.2. The number of rotatable bonds is 9. The summed E-state index contributed by atoms with van der Waals surface area (Å²) in [5.41, 5.74) is -0.559. The fourth-order valence-corrected chi connectivity index (χ4v) is 9.10. The van der Waals surface area contributed by atoms with Crippen molar-refractivity contribution in [2.45, 2.75) is 64.7 Å². The van der Waals surface area contributed by atoms with Crippen molar-refractivity contribution < 1.29 is 29.3 Å². The van der Waals surface area contributed by atoms with Gasteiger partial charge in [-0.3, -0.25) is 9.59 Å². The highest BCUT2D eigenvalue weighted by atomic mass is 16.5. The lowest BCUT2D eigenvalue weighted by molar-refractivity contribution is -0.180. The zero-order valence-corrected chi connectivity index (χ0v) is 26.5. The Kier molecular flexibility index (Phi) is 8.64. The molecule has 0 bridgehead atoms. The number of ether oxygens (including phenoxy) is 1. The normalized spacial score (nSPS) is 36.7. The van der Waals surface area contributed by atoms with Gasteiger partial charge in [0.25, 0.3) is 0 Å². The smallest absolute Gasteiger partial charge is 0.338 e. The summed E-state index contributed by atoms with van der Waals surface area (Å²) in [5.74, 6) is -0.932. The van der Waals surface area contributed by atoms with E-state index in [9.17, 15) is 24.6 Å². The van der Waals surface area contributed by atoms with E-state index in [4.69, 9.17) is 4.74 Å². The molecule has 1 aromatic rings. The monoisotopic (exact) mass is 592 g/mol. The van der Waals surface area contributed by atoms with E-state index < -0.39 is 40.9 Å². The molecule has 3 saturated carbocycles. The van der Waals surface area contributed by atoms with E-state index in [1.54, 1.807) is 24.3 Å². The minimum Gasteiger partial charge on any atom is -0.454 e. The molecule has 8 nitrogen and oxygen atoms in total. The van der Waals surface area contributed by atoms with Crippen LogP contribution in [0, 0.1) is 34.5 Å². The van der Waals surface area contributed by atoms with Crippen LogP contribution in [-0.4, -0.2) is 90.1 Å². The molecule has 4 aliphatic carbocycles. The number of fused-ring (bicyclic) bond motifs is 5. The molecular weight excluding hydrogens is 544 g/mol. The average Bonchev–Trinajstić information content (AvgIpc) is 3.22. The van der Waals surface area contributed by atoms with Crippen LogP contribution in [0.15, 0.2) is 48.1 Å². The van der Waals surface area contributed by atoms with E-state index in [-0.39, 0.29) is 42.3 Å². The molecule has 0 heterocycles. The van der Waals surface area contributed by atoms with Gasteiger partial charge in [-0.05, 0) is 94.4 Å². The maximum atomic E-state index is 13.7. The Balaban J connectivity index is 1.27. The number of likely N-dealkylation sites (N-methyl/N-ethyl adjacent to an activating group) is 2. The molecule has 2 N–H and O–H groups in total. The molecule has 4 aliphatic rings. The quantitative estimate of drug-likeness (QED) is 0.419. The number of benzene rings is 1. The van der Waals surface area contributed by atoms with Crippen molar-refractivity contribution in [1.29, 1.82) is 0 Å². The molecular formula is C35H48N2O6. The van der Waals surface area contributed by atoms with Gasteiger partial charge in [0.15, 0.2) is 12.4 Å². The zero-order valence-electron chi connectivity index (χ0n) is 26.5. The first kappa shape index (κ1) is 31.8. The van der Waals surface area contributed by atoms with E-state index >= 15 is 0 Å². The van der Waals surface area contributed by atoms with Crippen LogP contribution in [0.2, 0.25) is 0 Å². The molecule has 0 saturated heterocycles. The van der Waals surface area contributed by atoms with Gasteiger partial charge in [-0.15, -0.1) is 0 Å². The Labute approximate surface area is 255 Å². The van der Waals surface area contributed by atoms with Crippen LogP contribution >= 0.6 is 0 Å². The maximum absolute atomic E-state index is 13.7. The van der Waals surface area contributed by atoms with Crippen molar-refractivity contribution in [2.75, 3.05) is 40.8 Å². The van der Waals surface area contributed by atoms with Crippen LogP contribution in [0.25, 0.3) is 0 Å². The highest BCUT2D eigenvalue weighted by molar-refractivity contribution is 6.01. The number of aliphatic hydroxyl groups excluding tert-OH is 1. The summed E-state index contributed by atoms with van der Waals surface area (Å²) in [6.45, 7) is 8.16. The number of ketones is 2. The topological polar surface area (TPSA) is 107 Å². The highest BCUT2D eigenvalue weighted by Gasteiger charge is 2.68. The molecule has 0 aliphatic heterocycles. The molecule has 1 aromatic carbocycles. The molecule has 8 atom stereocenters. The highest BCUT2D eigenvalue weighted by Crippen LogP contribution is 2.67. The van der Waals surface area contributed by atoms with E-state index in [2.05, 4.69) is 23.6 Å². The van der Waals surface area contributed by atoms with Gasteiger partial charge >= 0.3 is 5.97 Å². The third-order valence-corrected chi connectivity index (χ3v) is 11.3. The maximum Gasteiger partial charge on any atom is 0.338 e. The number of hydrogen-bond donors (Lipinski definition) is 2. The van der Waals surface area contributed by atoms with Gasteiger partial charge < -0.3 is 24.7 Å². The second-order valence-electron chi connectivity index (χ2n) is 14.4. The van der Waals surface area contributed by atoms with Crippen molar-refractivity contribution in [1.82, 2.24) is 9.80 Å². The first-order chi connectivity index (χ1) is 20.2. The van der Waals surface area contributed by atoms with Gasteiger partial charge in [-0.25, -0.2) is 4.79 Å². The van der Waals surface area contributed by atoms with E-state index in [0.29, 0.717) is 18.5 Å². The Hall–Kier alpha value is -2.65. The summed E-state index contributed by atoms with van der Waals surface area (Å²) in [6.07, 6.45) is 6.58. The van der Waals surface area contributed by atoms with Gasteiger partial charge in [-0.2, -0.15) is 0 Å². The van der Waals surface area contributed by atoms with Gasteiger partial charge in [0, 0.05) is 36.4 Å². The van der Waals surface area contributed by atoms with Gasteiger partial charge in [0.2, 0.25) is 5.78 Å². The lowest BCUT2D eigenvalue weighted by Gasteiger charge is -2.60. The van der Waals surface area contributed by atoms with Crippen molar-refractivity contribution in [3.63, 3.8) is 0 Å². The number of aliphatic hydroxyl groups is 2. The summed E-state index contributed by atoms with van der Waals surface area (Å²) in [5, 5.41) is 23.6. The van der Waals surface area contributed by atoms with Crippen LogP contribution in [0.1, 0.15) is 62.4 Å². The van der Waals surface area contributed by atoms with E-state index in [1.165, 1.54) is 0 Å². The van der Waals surface area contributed by atoms with Crippen LogP contribution in [0.5, 0.6) is 0 Å². The number of esters is 1. The molecule has 0 aromatic heterocycles. The fraction of sp³-hybridized carbons (Fsp3) is 0.629. The van der Waals surface area contributed by atoms with E-state index in [1.807, 2.05) is 46.3 Å². The van der Waals surface area contributed by atoms with Crippen LogP contribution in [-0.2, 0) is 20.9 Å². The van der Waals surface area contributed by atoms with Crippen molar-refractivity contribution in [2.24, 2.45) is 34.5 Å². The number of carbonyl (C=O) groups is 3. The Bertz CT molecular complexity index is 1340. The fourth-order valence-electron chi connectivity index (χ4n) is 9.10. The van der Waals surface area contributed by atoms with Gasteiger partial charge in [0.05, 0.1) is 11.7 Å². The average molecular weight is 593 g/mol. The summed E-state index contributed by atoms with van der Waals surface area (Å²) in [6, 6.07) is 7.24. The minimum absolute atomic E-state index is 0.0117. The summed E-state index contributed by atoms with van der Waals surface area (Å²) in [7, 11) is 6.09. The molecule has 43 heavy (non-hydrogen) atoms. The van der Waals surface area contributed by atoms with Gasteiger partial charge in [-0.1, -0.05) is 44.6 Å². The van der Waals surface area contributed by atoms with Crippen molar-refractivity contribution >= 4 is 17.5 Å². The molecule has 0 spiro atoms. The first-order valence-electron chi connectivity index (χ1n) is 15.7. The van der Waals surface area contributed by atoms with Gasteiger partial charge in [0.1, 0.15) is 5.60 Å². The molecule has 234 valence electrons. The Morgan fingerprint density at radius 3 is 2.60 bits per heavy atom. The van der Waals surface area contributed by atoms with Crippen LogP contribution in [0.4, 0.5) is 0 Å². The number of Topliss-reactive ketones (excluding diaryl/α,β-unsaturated/α-hetero) is 1. The lowest BCUT2D eigenvalue weighted by atomic mass is 9.45. The van der Waals surface area contributed by atoms with Crippen molar-refractivity contribution in [3.8, 4) is 0 Å². The third kappa shape index (κ3) is 5.56. The van der Waals surface area contributed by atoms with Crippen molar-refractivity contribution in [3.05, 3.63) is 59.2 Å². The molecule has 0 amide bonds. The molecule has 5 rings (SSSR count). The number of nitrogens with zero attached hydrogens (tertiary/aromatic N) is 2.